The predicted octanol–water partition coefficient (Wildman–Crippen LogP) is 4.85. The van der Waals surface area contributed by atoms with Crippen molar-refractivity contribution in [2.75, 3.05) is 14.2 Å². The SMILES string of the molecule is COC(=O)c1cc(Cl)cc(-c2cc(Cl)cc(C(=O)OC)c2C)c1C. The van der Waals surface area contributed by atoms with Gasteiger partial charge in [0.05, 0.1) is 25.3 Å². The zero-order valence-electron chi connectivity index (χ0n) is 13.7. The van der Waals surface area contributed by atoms with Gasteiger partial charge in [-0.2, -0.15) is 0 Å². The monoisotopic (exact) mass is 366 g/mol. The van der Waals surface area contributed by atoms with Gasteiger partial charge in [0.1, 0.15) is 0 Å². The van der Waals surface area contributed by atoms with Crippen LogP contribution in [0.5, 0.6) is 0 Å². The molecule has 0 heterocycles. The van der Waals surface area contributed by atoms with Crippen molar-refractivity contribution in [1.82, 2.24) is 0 Å². The van der Waals surface area contributed by atoms with Crippen LogP contribution in [0.1, 0.15) is 31.8 Å². The number of ether oxygens (including phenoxy) is 2. The zero-order chi connectivity index (χ0) is 18.0. The largest absolute Gasteiger partial charge is 0.465 e. The number of methoxy groups -OCH3 is 2. The van der Waals surface area contributed by atoms with Gasteiger partial charge in [-0.1, -0.05) is 23.2 Å². The molecule has 0 radical (unpaired) electrons. The van der Waals surface area contributed by atoms with Crippen LogP contribution in [0, 0.1) is 13.8 Å². The topological polar surface area (TPSA) is 52.6 Å². The lowest BCUT2D eigenvalue weighted by Gasteiger charge is -2.16. The van der Waals surface area contributed by atoms with E-state index in [1.807, 2.05) is 0 Å². The summed E-state index contributed by atoms with van der Waals surface area (Å²) in [5.41, 5.74) is 3.50. The number of rotatable bonds is 3. The van der Waals surface area contributed by atoms with E-state index < -0.39 is 11.9 Å². The fraction of sp³-hybridized carbons (Fsp3) is 0.222. The second kappa shape index (κ2) is 7.24. The normalized spacial score (nSPS) is 10.4. The van der Waals surface area contributed by atoms with Crippen molar-refractivity contribution in [1.29, 1.82) is 0 Å². The van der Waals surface area contributed by atoms with Gasteiger partial charge in [-0.25, -0.2) is 9.59 Å². The van der Waals surface area contributed by atoms with E-state index >= 15 is 0 Å². The third kappa shape index (κ3) is 3.40. The highest BCUT2D eigenvalue weighted by molar-refractivity contribution is 6.32. The Kier molecular flexibility index (Phi) is 5.52. The summed E-state index contributed by atoms with van der Waals surface area (Å²) < 4.78 is 9.60. The van der Waals surface area contributed by atoms with E-state index in [0.29, 0.717) is 43.4 Å². The van der Waals surface area contributed by atoms with Crippen LogP contribution < -0.4 is 0 Å². The number of halogens is 2. The Labute approximate surface area is 150 Å². The van der Waals surface area contributed by atoms with E-state index in [1.54, 1.807) is 38.1 Å². The highest BCUT2D eigenvalue weighted by Gasteiger charge is 2.20. The Morgan fingerprint density at radius 1 is 0.750 bits per heavy atom. The van der Waals surface area contributed by atoms with Crippen LogP contribution in [0.25, 0.3) is 11.1 Å². The second-order valence-electron chi connectivity index (χ2n) is 5.23. The molecule has 0 aliphatic heterocycles. The third-order valence-electron chi connectivity index (χ3n) is 3.85. The molecule has 0 saturated heterocycles. The first-order valence-electron chi connectivity index (χ1n) is 7.07. The molecule has 126 valence electrons. The van der Waals surface area contributed by atoms with E-state index in [9.17, 15) is 9.59 Å². The van der Waals surface area contributed by atoms with E-state index in [-0.39, 0.29) is 0 Å². The molecule has 0 spiro atoms. The molecule has 0 fully saturated rings. The molecule has 0 bridgehead atoms. The Morgan fingerprint density at radius 3 is 1.38 bits per heavy atom. The van der Waals surface area contributed by atoms with Crippen molar-refractivity contribution >= 4 is 35.1 Å². The number of benzene rings is 2. The molecular formula is C18H16Cl2O4. The molecule has 0 unspecified atom stereocenters. The van der Waals surface area contributed by atoms with Gasteiger partial charge in [-0.15, -0.1) is 0 Å². The van der Waals surface area contributed by atoms with Gasteiger partial charge in [0.25, 0.3) is 0 Å². The average Bonchev–Trinajstić information content (AvgIpc) is 2.56. The summed E-state index contributed by atoms with van der Waals surface area (Å²) in [7, 11) is 2.62. The molecule has 2 rings (SSSR count). The first-order chi connectivity index (χ1) is 11.3. The van der Waals surface area contributed by atoms with Crippen molar-refractivity contribution in [2.45, 2.75) is 13.8 Å². The second-order valence-corrected chi connectivity index (χ2v) is 6.11. The molecule has 0 N–H and O–H groups in total. The van der Waals surface area contributed by atoms with Crippen LogP contribution in [0.4, 0.5) is 0 Å². The number of hydrogen-bond donors (Lipinski definition) is 0. The predicted molar refractivity (Wildman–Crippen MR) is 94.1 cm³/mol. The molecule has 0 aliphatic rings. The lowest BCUT2D eigenvalue weighted by atomic mass is 9.91. The minimum atomic E-state index is -0.482. The molecular weight excluding hydrogens is 351 g/mol. The summed E-state index contributed by atoms with van der Waals surface area (Å²) in [6.07, 6.45) is 0. The Hall–Kier alpha value is -2.04. The summed E-state index contributed by atoms with van der Waals surface area (Å²) in [5.74, 6) is -0.965. The van der Waals surface area contributed by atoms with Gasteiger partial charge < -0.3 is 9.47 Å². The molecule has 2 aromatic carbocycles. The Morgan fingerprint density at radius 2 is 1.08 bits per heavy atom. The maximum atomic E-state index is 12.0. The Balaban J connectivity index is 2.78. The smallest absolute Gasteiger partial charge is 0.338 e. The van der Waals surface area contributed by atoms with E-state index in [4.69, 9.17) is 32.7 Å². The highest BCUT2D eigenvalue weighted by atomic mass is 35.5. The lowest BCUT2D eigenvalue weighted by molar-refractivity contribution is 0.0590. The molecule has 0 aliphatic carbocycles. The van der Waals surface area contributed by atoms with Crippen molar-refractivity contribution in [3.63, 3.8) is 0 Å². The van der Waals surface area contributed by atoms with Crippen LogP contribution in [0.2, 0.25) is 10.0 Å². The maximum Gasteiger partial charge on any atom is 0.338 e. The van der Waals surface area contributed by atoms with Crippen LogP contribution in [0.3, 0.4) is 0 Å². The number of hydrogen-bond acceptors (Lipinski definition) is 4. The quantitative estimate of drug-likeness (QED) is 0.728. The van der Waals surface area contributed by atoms with Crippen LogP contribution >= 0.6 is 23.2 Å². The van der Waals surface area contributed by atoms with Crippen LogP contribution in [-0.4, -0.2) is 26.2 Å². The number of carbonyl (C=O) groups is 2. The molecule has 24 heavy (non-hydrogen) atoms. The van der Waals surface area contributed by atoms with Crippen molar-refractivity contribution in [3.8, 4) is 11.1 Å². The van der Waals surface area contributed by atoms with Crippen molar-refractivity contribution in [2.24, 2.45) is 0 Å². The summed E-state index contributed by atoms with van der Waals surface area (Å²) >= 11 is 12.3. The summed E-state index contributed by atoms with van der Waals surface area (Å²) in [4.78, 5) is 23.9. The summed E-state index contributed by atoms with van der Waals surface area (Å²) in [5, 5.41) is 0.769. The van der Waals surface area contributed by atoms with Gasteiger partial charge in [-0.05, 0) is 60.4 Å². The number of carbonyl (C=O) groups excluding carboxylic acids is 2. The summed E-state index contributed by atoms with van der Waals surface area (Å²) in [6.45, 7) is 3.58. The van der Waals surface area contributed by atoms with Crippen LogP contribution in [-0.2, 0) is 9.47 Å². The van der Waals surface area contributed by atoms with Crippen LogP contribution in [0.15, 0.2) is 24.3 Å². The molecule has 0 aromatic heterocycles. The van der Waals surface area contributed by atoms with Gasteiger partial charge in [0.2, 0.25) is 0 Å². The van der Waals surface area contributed by atoms with E-state index in [0.717, 1.165) is 0 Å². The Bertz CT molecular complexity index is 759. The average molecular weight is 367 g/mol. The molecule has 6 heteroatoms. The number of esters is 2. The fourth-order valence-electron chi connectivity index (χ4n) is 2.56. The van der Waals surface area contributed by atoms with E-state index in [2.05, 4.69) is 0 Å². The van der Waals surface area contributed by atoms with Crippen molar-refractivity contribution < 1.29 is 19.1 Å². The molecule has 2 aromatic rings. The first kappa shape index (κ1) is 18.3. The minimum Gasteiger partial charge on any atom is -0.465 e. The van der Waals surface area contributed by atoms with Gasteiger partial charge >= 0.3 is 11.9 Å². The minimum absolute atomic E-state index is 0.360. The molecule has 0 amide bonds. The third-order valence-corrected chi connectivity index (χ3v) is 4.28. The summed E-state index contributed by atoms with van der Waals surface area (Å²) in [6, 6.07) is 6.55. The molecule has 0 saturated carbocycles. The standard InChI is InChI=1S/C18H16Cl2O4/c1-9-13(5-11(19)7-15(9)17(21)23-3)14-6-12(20)8-16(10(14)2)18(22)24-4/h5-8H,1-4H3. The van der Waals surface area contributed by atoms with E-state index in [1.165, 1.54) is 14.2 Å². The lowest BCUT2D eigenvalue weighted by Crippen LogP contribution is -2.07. The highest BCUT2D eigenvalue weighted by Crippen LogP contribution is 2.35. The fourth-order valence-corrected chi connectivity index (χ4v) is 3.00. The zero-order valence-corrected chi connectivity index (χ0v) is 15.2. The molecule has 4 nitrogen and oxygen atoms in total. The van der Waals surface area contributed by atoms with Gasteiger partial charge in [0.15, 0.2) is 0 Å². The maximum absolute atomic E-state index is 12.0. The van der Waals surface area contributed by atoms with Crippen molar-refractivity contribution in [3.05, 3.63) is 56.6 Å². The van der Waals surface area contributed by atoms with Gasteiger partial charge in [0, 0.05) is 10.0 Å². The molecule has 0 atom stereocenters. The van der Waals surface area contributed by atoms with Gasteiger partial charge in [-0.3, -0.25) is 0 Å². The first-order valence-corrected chi connectivity index (χ1v) is 7.83.